The summed E-state index contributed by atoms with van der Waals surface area (Å²) in [5.41, 5.74) is 2.43. The molecule has 5 nitrogen and oxygen atoms in total. The third-order valence-corrected chi connectivity index (χ3v) is 2.52. The van der Waals surface area contributed by atoms with Gasteiger partial charge in [0.15, 0.2) is 6.10 Å². The molecule has 1 aromatic rings. The lowest BCUT2D eigenvalue weighted by molar-refractivity contribution is -0.151. The summed E-state index contributed by atoms with van der Waals surface area (Å²) in [6.45, 7) is 0. The third kappa shape index (κ3) is 1.29. The quantitative estimate of drug-likeness (QED) is 0.658. The molecule has 0 radical (unpaired) electrons. The van der Waals surface area contributed by atoms with Crippen LogP contribution < -0.4 is 0 Å². The number of nitrogens with zero attached hydrogens (tertiary/aromatic N) is 1. The van der Waals surface area contributed by atoms with Crippen LogP contribution in [0.3, 0.4) is 0 Å². The largest absolute Gasteiger partial charge is 0.467 e. The average Bonchev–Trinajstić information content (AvgIpc) is 2.76. The first-order chi connectivity index (χ1) is 6.74. The lowest BCUT2D eigenvalue weighted by Crippen LogP contribution is -2.15. The van der Waals surface area contributed by atoms with E-state index < -0.39 is 12.1 Å². The number of aliphatic hydroxyl groups excluding tert-OH is 1. The Labute approximate surface area is 81.1 Å². The summed E-state index contributed by atoms with van der Waals surface area (Å²) in [6, 6.07) is 0. The van der Waals surface area contributed by atoms with E-state index in [4.69, 9.17) is 0 Å². The minimum absolute atomic E-state index is 0.421. The molecule has 1 aliphatic rings. The number of fused-ring (bicyclic) bond motifs is 1. The predicted molar refractivity (Wildman–Crippen MR) is 47.6 cm³/mol. The minimum Gasteiger partial charge on any atom is -0.467 e. The molecular formula is C9H12N2O3. The van der Waals surface area contributed by atoms with Crippen LogP contribution in [-0.4, -0.2) is 28.4 Å². The van der Waals surface area contributed by atoms with E-state index in [1.165, 1.54) is 7.11 Å². The number of carbonyl (C=O) groups excluding carboxylic acids is 1. The lowest BCUT2D eigenvalue weighted by Gasteiger charge is -2.06. The van der Waals surface area contributed by atoms with E-state index in [-0.39, 0.29) is 0 Å². The SMILES string of the molecule is COC(=O)C(O)c1n[nH]c2c1CCC2. The number of aromatic nitrogens is 2. The van der Waals surface area contributed by atoms with Crippen molar-refractivity contribution in [2.75, 3.05) is 7.11 Å². The Morgan fingerprint density at radius 1 is 1.64 bits per heavy atom. The van der Waals surface area contributed by atoms with E-state index in [1.807, 2.05) is 0 Å². The van der Waals surface area contributed by atoms with Crippen LogP contribution in [0.25, 0.3) is 0 Å². The van der Waals surface area contributed by atoms with Crippen LogP contribution >= 0.6 is 0 Å². The molecule has 5 heteroatoms. The number of ether oxygens (including phenoxy) is 1. The Bertz CT molecular complexity index is 359. The summed E-state index contributed by atoms with van der Waals surface area (Å²) in [5.74, 6) is -0.661. The highest BCUT2D eigenvalue weighted by atomic mass is 16.5. The van der Waals surface area contributed by atoms with Gasteiger partial charge in [-0.2, -0.15) is 5.10 Å². The zero-order chi connectivity index (χ0) is 10.1. The molecule has 1 aromatic heterocycles. The van der Waals surface area contributed by atoms with Crippen LogP contribution in [0.2, 0.25) is 0 Å². The molecule has 0 aliphatic heterocycles. The second kappa shape index (κ2) is 3.42. The highest BCUT2D eigenvalue weighted by Gasteiger charge is 2.27. The number of aryl methyl sites for hydroxylation is 1. The van der Waals surface area contributed by atoms with Gasteiger partial charge in [0.05, 0.1) is 7.11 Å². The summed E-state index contributed by atoms with van der Waals surface area (Å²) < 4.78 is 4.45. The van der Waals surface area contributed by atoms with Crippen molar-refractivity contribution in [3.8, 4) is 0 Å². The van der Waals surface area contributed by atoms with E-state index in [1.54, 1.807) is 0 Å². The molecule has 76 valence electrons. The van der Waals surface area contributed by atoms with Crippen molar-refractivity contribution >= 4 is 5.97 Å². The number of esters is 1. The van der Waals surface area contributed by atoms with Crippen molar-refractivity contribution in [3.05, 3.63) is 17.0 Å². The molecular weight excluding hydrogens is 184 g/mol. The molecule has 1 unspecified atom stereocenters. The first-order valence-corrected chi connectivity index (χ1v) is 4.56. The number of rotatable bonds is 2. The Balaban J connectivity index is 2.28. The van der Waals surface area contributed by atoms with Crippen molar-refractivity contribution in [2.24, 2.45) is 0 Å². The number of aliphatic hydroxyl groups is 1. The standard InChI is InChI=1S/C9H12N2O3/c1-14-9(13)8(12)7-5-3-2-4-6(5)10-11-7/h8,12H,2-4H2,1H3,(H,10,11). The number of H-pyrrole nitrogens is 1. The lowest BCUT2D eigenvalue weighted by atomic mass is 10.1. The number of hydrogen-bond donors (Lipinski definition) is 2. The molecule has 14 heavy (non-hydrogen) atoms. The maximum Gasteiger partial charge on any atom is 0.341 e. The van der Waals surface area contributed by atoms with Crippen molar-refractivity contribution in [2.45, 2.75) is 25.4 Å². The van der Waals surface area contributed by atoms with E-state index in [0.29, 0.717) is 5.69 Å². The number of nitrogens with one attached hydrogen (secondary N) is 1. The first kappa shape index (κ1) is 9.21. The van der Waals surface area contributed by atoms with E-state index in [2.05, 4.69) is 14.9 Å². The molecule has 1 aliphatic carbocycles. The van der Waals surface area contributed by atoms with Gasteiger partial charge >= 0.3 is 5.97 Å². The van der Waals surface area contributed by atoms with Gasteiger partial charge in [0.25, 0.3) is 0 Å². The van der Waals surface area contributed by atoms with Gasteiger partial charge in [0.2, 0.25) is 0 Å². The van der Waals surface area contributed by atoms with Crippen LogP contribution in [0.1, 0.15) is 29.5 Å². The molecule has 0 saturated heterocycles. The first-order valence-electron chi connectivity index (χ1n) is 4.56. The van der Waals surface area contributed by atoms with Gasteiger partial charge in [-0.1, -0.05) is 0 Å². The number of carbonyl (C=O) groups is 1. The second-order valence-corrected chi connectivity index (χ2v) is 3.35. The maximum atomic E-state index is 11.1. The molecule has 0 spiro atoms. The molecule has 1 atom stereocenters. The van der Waals surface area contributed by atoms with Crippen LogP contribution in [0, 0.1) is 0 Å². The zero-order valence-corrected chi connectivity index (χ0v) is 7.91. The highest BCUT2D eigenvalue weighted by Crippen LogP contribution is 2.27. The topological polar surface area (TPSA) is 75.2 Å². The molecule has 2 rings (SSSR count). The number of aromatic amines is 1. The number of hydrogen-bond acceptors (Lipinski definition) is 4. The smallest absolute Gasteiger partial charge is 0.341 e. The molecule has 0 bridgehead atoms. The normalized spacial score (nSPS) is 16.4. The van der Waals surface area contributed by atoms with E-state index in [9.17, 15) is 9.90 Å². The molecule has 2 N–H and O–H groups in total. The summed E-state index contributed by atoms with van der Waals surface area (Å²) in [7, 11) is 1.25. The summed E-state index contributed by atoms with van der Waals surface area (Å²) in [6.07, 6.45) is 1.61. The Kier molecular flexibility index (Phi) is 2.25. The highest BCUT2D eigenvalue weighted by molar-refractivity contribution is 5.76. The van der Waals surface area contributed by atoms with Crippen molar-refractivity contribution in [1.82, 2.24) is 10.2 Å². The maximum absolute atomic E-state index is 11.1. The van der Waals surface area contributed by atoms with Crippen LogP contribution in [0.5, 0.6) is 0 Å². The van der Waals surface area contributed by atoms with Gasteiger partial charge in [-0.05, 0) is 24.8 Å². The van der Waals surface area contributed by atoms with Crippen molar-refractivity contribution < 1.29 is 14.6 Å². The monoisotopic (exact) mass is 196 g/mol. The third-order valence-electron chi connectivity index (χ3n) is 2.52. The Hall–Kier alpha value is -1.36. The summed E-state index contributed by atoms with van der Waals surface area (Å²) in [5, 5.41) is 16.3. The van der Waals surface area contributed by atoms with Crippen molar-refractivity contribution in [3.63, 3.8) is 0 Å². The molecule has 0 fully saturated rings. The fourth-order valence-corrected chi connectivity index (χ4v) is 1.79. The van der Waals surface area contributed by atoms with Crippen LogP contribution in [0.4, 0.5) is 0 Å². The van der Waals surface area contributed by atoms with Gasteiger partial charge in [0, 0.05) is 5.69 Å². The fraction of sp³-hybridized carbons (Fsp3) is 0.556. The fourth-order valence-electron chi connectivity index (χ4n) is 1.79. The summed E-state index contributed by atoms with van der Waals surface area (Å²) in [4.78, 5) is 11.1. The second-order valence-electron chi connectivity index (χ2n) is 3.35. The van der Waals surface area contributed by atoms with Gasteiger partial charge in [-0.25, -0.2) is 4.79 Å². The zero-order valence-electron chi connectivity index (χ0n) is 7.91. The van der Waals surface area contributed by atoms with Crippen LogP contribution in [0.15, 0.2) is 0 Å². The van der Waals surface area contributed by atoms with Crippen LogP contribution in [-0.2, 0) is 22.4 Å². The number of methoxy groups -OCH3 is 1. The Morgan fingerprint density at radius 2 is 2.43 bits per heavy atom. The van der Waals surface area contributed by atoms with Crippen molar-refractivity contribution in [1.29, 1.82) is 0 Å². The Morgan fingerprint density at radius 3 is 3.14 bits per heavy atom. The van der Waals surface area contributed by atoms with Gasteiger partial charge < -0.3 is 9.84 Å². The van der Waals surface area contributed by atoms with Gasteiger partial charge in [-0.15, -0.1) is 0 Å². The molecule has 1 heterocycles. The van der Waals surface area contributed by atoms with Gasteiger partial charge in [0.1, 0.15) is 5.69 Å². The van der Waals surface area contributed by atoms with Gasteiger partial charge in [-0.3, -0.25) is 5.10 Å². The van der Waals surface area contributed by atoms with E-state index >= 15 is 0 Å². The summed E-state index contributed by atoms with van der Waals surface area (Å²) >= 11 is 0. The molecule has 0 saturated carbocycles. The van der Waals surface area contributed by atoms with E-state index in [0.717, 1.165) is 30.5 Å². The average molecular weight is 196 g/mol. The predicted octanol–water partition coefficient (Wildman–Crippen LogP) is 0.105. The molecule has 0 amide bonds. The minimum atomic E-state index is -1.25. The molecule has 0 aromatic carbocycles.